The second-order valence-electron chi connectivity index (χ2n) is 4.94. The summed E-state index contributed by atoms with van der Waals surface area (Å²) in [4.78, 5) is 24.2. The highest BCUT2D eigenvalue weighted by Crippen LogP contribution is 2.28. The molecule has 1 fully saturated rings. The maximum absolute atomic E-state index is 12.0. The van der Waals surface area contributed by atoms with Crippen LogP contribution in [0.5, 0.6) is 0 Å². The molecule has 2 N–H and O–H groups in total. The van der Waals surface area contributed by atoms with Crippen molar-refractivity contribution >= 4 is 23.2 Å². The minimum absolute atomic E-state index is 0.436. The van der Waals surface area contributed by atoms with Crippen molar-refractivity contribution in [1.29, 1.82) is 0 Å². The summed E-state index contributed by atoms with van der Waals surface area (Å²) in [6.07, 6.45) is -1.68. The first-order valence-electron chi connectivity index (χ1n) is 6.27. The zero-order valence-corrected chi connectivity index (χ0v) is 12.1. The maximum Gasteiger partial charge on any atom is 0.336 e. The second kappa shape index (κ2) is 5.90. The van der Waals surface area contributed by atoms with Crippen molar-refractivity contribution < 1.29 is 24.2 Å². The molecule has 0 bridgehead atoms. The van der Waals surface area contributed by atoms with Crippen LogP contribution < -0.4 is 5.32 Å². The molecule has 0 radical (unpaired) electrons. The van der Waals surface area contributed by atoms with E-state index in [2.05, 4.69) is 5.32 Å². The molecule has 7 heteroatoms. The van der Waals surface area contributed by atoms with Crippen LogP contribution in [0, 0.1) is 0 Å². The zero-order valence-electron chi connectivity index (χ0n) is 11.3. The number of thiophene rings is 1. The monoisotopic (exact) mass is 299 g/mol. The lowest BCUT2D eigenvalue weighted by atomic mass is 10.2. The number of amides is 1. The van der Waals surface area contributed by atoms with E-state index in [1.165, 1.54) is 0 Å². The number of ether oxygens (including phenoxy) is 2. The van der Waals surface area contributed by atoms with E-state index in [-0.39, 0.29) is 0 Å². The molecule has 0 spiro atoms. The first-order chi connectivity index (χ1) is 9.39. The number of carbonyl (C=O) groups excluding carboxylic acids is 1. The molecule has 2 atom stereocenters. The van der Waals surface area contributed by atoms with Gasteiger partial charge in [0.05, 0.1) is 0 Å². The Balaban J connectivity index is 1.89. The summed E-state index contributed by atoms with van der Waals surface area (Å²) in [5, 5.41) is 13.7. The number of carboxylic acids is 1. The van der Waals surface area contributed by atoms with Crippen LogP contribution in [0.1, 0.15) is 18.7 Å². The average molecular weight is 299 g/mol. The Labute approximate surface area is 120 Å². The van der Waals surface area contributed by atoms with Crippen molar-refractivity contribution in [3.63, 3.8) is 0 Å². The van der Waals surface area contributed by atoms with Crippen molar-refractivity contribution in [2.24, 2.45) is 0 Å². The quantitative estimate of drug-likeness (QED) is 0.847. The summed E-state index contributed by atoms with van der Waals surface area (Å²) in [5.74, 6) is -2.73. The zero-order chi connectivity index (χ0) is 14.8. The number of aliphatic carboxylic acids is 1. The van der Waals surface area contributed by atoms with Crippen molar-refractivity contribution in [1.82, 2.24) is 5.32 Å². The molecule has 0 aliphatic carbocycles. The van der Waals surface area contributed by atoms with Crippen molar-refractivity contribution in [2.75, 3.05) is 6.54 Å². The van der Waals surface area contributed by atoms with Gasteiger partial charge < -0.3 is 19.9 Å². The van der Waals surface area contributed by atoms with E-state index in [9.17, 15) is 9.59 Å². The molecule has 110 valence electrons. The molecule has 20 heavy (non-hydrogen) atoms. The molecule has 1 amide bonds. The summed E-state index contributed by atoms with van der Waals surface area (Å²) >= 11 is 1.61. The van der Waals surface area contributed by atoms with Crippen LogP contribution >= 0.6 is 11.3 Å². The molecule has 1 aromatic heterocycles. The fourth-order valence-corrected chi connectivity index (χ4v) is 2.71. The average Bonchev–Trinajstić information content (AvgIpc) is 2.96. The Kier molecular flexibility index (Phi) is 4.42. The first-order valence-corrected chi connectivity index (χ1v) is 7.15. The molecule has 6 nitrogen and oxygen atoms in total. The van der Waals surface area contributed by atoms with Gasteiger partial charge in [-0.2, -0.15) is 0 Å². The lowest BCUT2D eigenvalue weighted by Crippen LogP contribution is -2.44. The van der Waals surface area contributed by atoms with Crippen LogP contribution in [-0.2, 0) is 25.5 Å². The molecular formula is C13H17NO5S. The standard InChI is InChI=1S/C13H17NO5S/c1-13(2)18-9(10(19-13)12(16)17)11(15)14-6-5-8-4-3-7-20-8/h3-4,7,9-10H,5-6H2,1-2H3,(H,14,15)(H,16,17)/t9-,10-/m1/s1. The molecule has 2 heterocycles. The van der Waals surface area contributed by atoms with Crippen LogP contribution in [0.25, 0.3) is 0 Å². The van der Waals surface area contributed by atoms with E-state index >= 15 is 0 Å². The molecule has 1 aliphatic rings. The highest BCUT2D eigenvalue weighted by atomic mass is 32.1. The third-order valence-corrected chi connectivity index (χ3v) is 3.79. The van der Waals surface area contributed by atoms with Gasteiger partial charge >= 0.3 is 5.97 Å². The fraction of sp³-hybridized carbons (Fsp3) is 0.538. The van der Waals surface area contributed by atoms with Crippen molar-refractivity contribution in [2.45, 2.75) is 38.3 Å². The number of carboxylic acid groups (broad SMARTS) is 1. The summed E-state index contributed by atoms with van der Waals surface area (Å²) in [6, 6.07) is 3.92. The number of nitrogens with one attached hydrogen (secondary N) is 1. The fourth-order valence-electron chi connectivity index (χ4n) is 2.00. The van der Waals surface area contributed by atoms with Crippen LogP contribution in [-0.4, -0.2) is 41.5 Å². The maximum atomic E-state index is 12.0. The van der Waals surface area contributed by atoms with Crippen LogP contribution in [0.15, 0.2) is 17.5 Å². The minimum Gasteiger partial charge on any atom is -0.479 e. The SMILES string of the molecule is CC1(C)O[C@@H](C(=O)O)[C@H](C(=O)NCCc2cccs2)O1. The third-order valence-electron chi connectivity index (χ3n) is 2.85. The minimum atomic E-state index is -1.27. The Morgan fingerprint density at radius 1 is 1.40 bits per heavy atom. The third kappa shape index (κ3) is 3.56. The largest absolute Gasteiger partial charge is 0.479 e. The molecule has 1 aromatic rings. The Bertz CT molecular complexity index is 485. The van der Waals surface area contributed by atoms with Crippen molar-refractivity contribution in [3.8, 4) is 0 Å². The number of carbonyl (C=O) groups is 2. The Hall–Kier alpha value is -1.44. The van der Waals surface area contributed by atoms with E-state index in [1.54, 1.807) is 25.2 Å². The van der Waals surface area contributed by atoms with Gasteiger partial charge in [0.2, 0.25) is 0 Å². The summed E-state index contributed by atoms with van der Waals surface area (Å²) in [5.41, 5.74) is 0. The van der Waals surface area contributed by atoms with Gasteiger partial charge in [0.15, 0.2) is 18.0 Å². The molecule has 1 aliphatic heterocycles. The second-order valence-corrected chi connectivity index (χ2v) is 5.97. The van der Waals surface area contributed by atoms with Gasteiger partial charge in [-0.1, -0.05) is 6.07 Å². The lowest BCUT2D eigenvalue weighted by molar-refractivity contribution is -0.166. The topological polar surface area (TPSA) is 84.9 Å². The molecule has 0 unspecified atom stereocenters. The smallest absolute Gasteiger partial charge is 0.336 e. The molecular weight excluding hydrogens is 282 g/mol. The van der Waals surface area contributed by atoms with Gasteiger partial charge in [0, 0.05) is 11.4 Å². The predicted octanol–water partition coefficient (Wildman–Crippen LogP) is 1.01. The predicted molar refractivity (Wildman–Crippen MR) is 72.5 cm³/mol. The van der Waals surface area contributed by atoms with E-state index in [4.69, 9.17) is 14.6 Å². The molecule has 0 aromatic carbocycles. The normalized spacial score (nSPS) is 24.5. The van der Waals surface area contributed by atoms with E-state index in [1.807, 2.05) is 17.5 Å². The molecule has 1 saturated heterocycles. The highest BCUT2D eigenvalue weighted by molar-refractivity contribution is 7.09. The van der Waals surface area contributed by atoms with Crippen molar-refractivity contribution in [3.05, 3.63) is 22.4 Å². The highest BCUT2D eigenvalue weighted by Gasteiger charge is 2.48. The van der Waals surface area contributed by atoms with Crippen LogP contribution in [0.3, 0.4) is 0 Å². The van der Waals surface area contributed by atoms with Gasteiger partial charge in [-0.25, -0.2) is 4.79 Å². The lowest BCUT2D eigenvalue weighted by Gasteiger charge is -2.16. The summed E-state index contributed by atoms with van der Waals surface area (Å²) < 4.78 is 10.6. The molecule has 2 rings (SSSR count). The van der Waals surface area contributed by atoms with Gasteiger partial charge in [-0.05, 0) is 31.7 Å². The molecule has 0 saturated carbocycles. The van der Waals surface area contributed by atoms with Gasteiger partial charge in [0.25, 0.3) is 5.91 Å². The number of hydrogen-bond acceptors (Lipinski definition) is 5. The van der Waals surface area contributed by atoms with Crippen LogP contribution in [0.4, 0.5) is 0 Å². The van der Waals surface area contributed by atoms with Gasteiger partial charge in [-0.15, -0.1) is 11.3 Å². The van der Waals surface area contributed by atoms with E-state index in [0.717, 1.165) is 4.88 Å². The van der Waals surface area contributed by atoms with E-state index < -0.39 is 29.9 Å². The number of rotatable bonds is 5. The van der Waals surface area contributed by atoms with Gasteiger partial charge in [-0.3, -0.25) is 4.79 Å². The summed E-state index contributed by atoms with van der Waals surface area (Å²) in [7, 11) is 0. The first kappa shape index (κ1) is 15.0. The van der Waals surface area contributed by atoms with Gasteiger partial charge in [0.1, 0.15) is 0 Å². The Morgan fingerprint density at radius 2 is 2.10 bits per heavy atom. The number of hydrogen-bond donors (Lipinski definition) is 2. The summed E-state index contributed by atoms with van der Waals surface area (Å²) in [6.45, 7) is 3.61. The van der Waals surface area contributed by atoms with Crippen LogP contribution in [0.2, 0.25) is 0 Å². The van der Waals surface area contributed by atoms with E-state index in [0.29, 0.717) is 13.0 Å². The Morgan fingerprint density at radius 3 is 2.70 bits per heavy atom.